The lowest BCUT2D eigenvalue weighted by atomic mass is 10.5. The Hall–Kier alpha value is 0.200. The minimum absolute atomic E-state index is 0.276. The fourth-order valence-corrected chi connectivity index (χ4v) is 1.38. The molecule has 0 saturated heterocycles. The largest absolute Gasteiger partial charge is 0.393 e. The average Bonchev–Trinajstić information content (AvgIpc) is 1.85. The summed E-state index contributed by atoms with van der Waals surface area (Å²) < 4.78 is 0.767. The minimum atomic E-state index is -0.276. The third-order valence-corrected chi connectivity index (χ3v) is 2.33. The number of hydrogen-bond donors (Lipinski definition) is 2. The summed E-state index contributed by atoms with van der Waals surface area (Å²) >= 11 is 6.39. The van der Waals surface area contributed by atoms with E-state index in [-0.39, 0.29) is 6.10 Å². The number of rotatable bonds is 3. The van der Waals surface area contributed by atoms with Gasteiger partial charge in [-0.25, -0.2) is 0 Å². The normalized spacial score (nSPS) is 12.7. The summed E-state index contributed by atoms with van der Waals surface area (Å²) in [6.07, 6.45) is -0.276. The lowest BCUT2D eigenvalue weighted by Crippen LogP contribution is -2.19. The van der Waals surface area contributed by atoms with Gasteiger partial charge in [0.1, 0.15) is 4.32 Å². The van der Waals surface area contributed by atoms with Gasteiger partial charge < -0.3 is 10.4 Å². The van der Waals surface area contributed by atoms with Gasteiger partial charge in [0.15, 0.2) is 0 Å². The molecule has 0 saturated carbocycles. The molecule has 1 unspecified atom stereocenters. The molecule has 60 valence electrons. The molecule has 0 amide bonds. The molecule has 2 nitrogen and oxygen atoms in total. The van der Waals surface area contributed by atoms with Gasteiger partial charge in [-0.3, -0.25) is 0 Å². The van der Waals surface area contributed by atoms with Gasteiger partial charge in [-0.1, -0.05) is 24.0 Å². The van der Waals surface area contributed by atoms with E-state index in [1.807, 2.05) is 6.92 Å². The fourth-order valence-electron chi connectivity index (χ4n) is 0.392. The Kier molecular flexibility index (Phi) is 6.06. The molecule has 0 aliphatic carbocycles. The van der Waals surface area contributed by atoms with Crippen molar-refractivity contribution in [2.45, 2.75) is 20.0 Å². The topological polar surface area (TPSA) is 32.3 Å². The SMILES string of the molecule is CCNC(=S)SCC(C)O. The molecule has 0 bridgehead atoms. The van der Waals surface area contributed by atoms with Gasteiger partial charge in [-0.05, 0) is 13.8 Å². The summed E-state index contributed by atoms with van der Waals surface area (Å²) in [5.41, 5.74) is 0. The van der Waals surface area contributed by atoms with Gasteiger partial charge in [-0.15, -0.1) is 0 Å². The zero-order chi connectivity index (χ0) is 7.98. The van der Waals surface area contributed by atoms with Crippen LogP contribution in [0.5, 0.6) is 0 Å². The highest BCUT2D eigenvalue weighted by molar-refractivity contribution is 8.23. The van der Waals surface area contributed by atoms with Crippen LogP contribution in [0.4, 0.5) is 0 Å². The maximum atomic E-state index is 8.86. The number of thioether (sulfide) groups is 1. The van der Waals surface area contributed by atoms with E-state index in [0.29, 0.717) is 5.75 Å². The van der Waals surface area contributed by atoms with Crippen LogP contribution in [-0.2, 0) is 0 Å². The van der Waals surface area contributed by atoms with Gasteiger partial charge in [0, 0.05) is 12.3 Å². The highest BCUT2D eigenvalue weighted by atomic mass is 32.2. The second-order valence-electron chi connectivity index (χ2n) is 1.98. The van der Waals surface area contributed by atoms with E-state index in [1.165, 1.54) is 11.8 Å². The maximum Gasteiger partial charge on any atom is 0.133 e. The summed E-state index contributed by atoms with van der Waals surface area (Å²) in [5.74, 6) is 0.672. The van der Waals surface area contributed by atoms with Crippen LogP contribution in [0.25, 0.3) is 0 Å². The molecule has 4 heteroatoms. The zero-order valence-corrected chi connectivity index (χ0v) is 7.89. The summed E-state index contributed by atoms with van der Waals surface area (Å²) in [6, 6.07) is 0. The van der Waals surface area contributed by atoms with Crippen LogP contribution in [0, 0.1) is 0 Å². The number of aliphatic hydroxyl groups is 1. The van der Waals surface area contributed by atoms with Crippen molar-refractivity contribution in [2.75, 3.05) is 12.3 Å². The molecule has 0 aliphatic rings. The lowest BCUT2D eigenvalue weighted by Gasteiger charge is -2.05. The van der Waals surface area contributed by atoms with Crippen molar-refractivity contribution in [1.29, 1.82) is 0 Å². The molecule has 0 spiro atoms. The van der Waals surface area contributed by atoms with E-state index in [9.17, 15) is 0 Å². The van der Waals surface area contributed by atoms with Gasteiger partial charge in [0.05, 0.1) is 6.10 Å². The number of hydrogen-bond acceptors (Lipinski definition) is 3. The smallest absolute Gasteiger partial charge is 0.133 e. The molecule has 0 rings (SSSR count). The first kappa shape index (κ1) is 10.2. The second kappa shape index (κ2) is 5.95. The highest BCUT2D eigenvalue weighted by Gasteiger charge is 1.98. The number of aliphatic hydroxyl groups excluding tert-OH is 1. The molecular formula is C6H13NOS2. The van der Waals surface area contributed by atoms with Crippen LogP contribution >= 0.6 is 24.0 Å². The third kappa shape index (κ3) is 6.32. The zero-order valence-electron chi connectivity index (χ0n) is 6.26. The van der Waals surface area contributed by atoms with Gasteiger partial charge in [0.2, 0.25) is 0 Å². The summed E-state index contributed by atoms with van der Waals surface area (Å²) in [5, 5.41) is 11.8. The van der Waals surface area contributed by atoms with E-state index in [4.69, 9.17) is 17.3 Å². The van der Waals surface area contributed by atoms with Gasteiger partial charge in [-0.2, -0.15) is 0 Å². The van der Waals surface area contributed by atoms with E-state index in [0.717, 1.165) is 10.9 Å². The maximum absolute atomic E-state index is 8.86. The Morgan fingerprint density at radius 2 is 2.40 bits per heavy atom. The molecule has 0 fully saturated rings. The van der Waals surface area contributed by atoms with E-state index in [2.05, 4.69) is 5.32 Å². The van der Waals surface area contributed by atoms with Crippen molar-refractivity contribution in [3.63, 3.8) is 0 Å². The first-order chi connectivity index (χ1) is 4.66. The summed E-state index contributed by atoms with van der Waals surface area (Å²) in [4.78, 5) is 0. The predicted octanol–water partition coefficient (Wildman–Crippen LogP) is 0.995. The molecule has 1 atom stereocenters. The lowest BCUT2D eigenvalue weighted by molar-refractivity contribution is 0.220. The second-order valence-corrected chi connectivity index (χ2v) is 3.67. The molecule has 0 aromatic carbocycles. The Balaban J connectivity index is 3.22. The highest BCUT2D eigenvalue weighted by Crippen LogP contribution is 2.03. The summed E-state index contributed by atoms with van der Waals surface area (Å²) in [7, 11) is 0. The standard InChI is InChI=1S/C6H13NOS2/c1-3-7-6(9)10-4-5(2)8/h5,8H,3-4H2,1-2H3,(H,7,9). The molecule has 0 heterocycles. The Labute approximate surface area is 71.4 Å². The van der Waals surface area contributed by atoms with Crippen molar-refractivity contribution in [1.82, 2.24) is 5.32 Å². The Bertz CT molecular complexity index is 106. The fraction of sp³-hybridized carbons (Fsp3) is 0.833. The minimum Gasteiger partial charge on any atom is -0.393 e. The predicted molar refractivity (Wildman–Crippen MR) is 50.4 cm³/mol. The molecule has 2 N–H and O–H groups in total. The molecule has 0 aromatic heterocycles. The van der Waals surface area contributed by atoms with Crippen LogP contribution in [0.2, 0.25) is 0 Å². The Morgan fingerprint density at radius 1 is 1.80 bits per heavy atom. The van der Waals surface area contributed by atoms with E-state index in [1.54, 1.807) is 6.92 Å². The number of nitrogens with one attached hydrogen (secondary N) is 1. The first-order valence-corrected chi connectivity index (χ1v) is 4.65. The van der Waals surface area contributed by atoms with Crippen molar-refractivity contribution in [2.24, 2.45) is 0 Å². The molecule has 0 radical (unpaired) electrons. The van der Waals surface area contributed by atoms with Crippen LogP contribution in [0.3, 0.4) is 0 Å². The van der Waals surface area contributed by atoms with E-state index < -0.39 is 0 Å². The van der Waals surface area contributed by atoms with Crippen molar-refractivity contribution in [3.05, 3.63) is 0 Å². The molecular weight excluding hydrogens is 166 g/mol. The third-order valence-electron chi connectivity index (χ3n) is 0.777. The van der Waals surface area contributed by atoms with Crippen molar-refractivity contribution < 1.29 is 5.11 Å². The number of thiocarbonyl (C=S) groups is 1. The van der Waals surface area contributed by atoms with Crippen LogP contribution in [0.1, 0.15) is 13.8 Å². The Morgan fingerprint density at radius 3 is 2.80 bits per heavy atom. The van der Waals surface area contributed by atoms with Gasteiger partial charge >= 0.3 is 0 Å². The molecule has 10 heavy (non-hydrogen) atoms. The van der Waals surface area contributed by atoms with Crippen LogP contribution in [-0.4, -0.2) is 27.8 Å². The average molecular weight is 179 g/mol. The monoisotopic (exact) mass is 179 g/mol. The first-order valence-electron chi connectivity index (χ1n) is 3.25. The van der Waals surface area contributed by atoms with Crippen molar-refractivity contribution in [3.8, 4) is 0 Å². The molecule has 0 aliphatic heterocycles. The van der Waals surface area contributed by atoms with Crippen LogP contribution < -0.4 is 5.32 Å². The van der Waals surface area contributed by atoms with Crippen molar-refractivity contribution >= 4 is 28.3 Å². The van der Waals surface area contributed by atoms with Gasteiger partial charge in [0.25, 0.3) is 0 Å². The quantitative estimate of drug-likeness (QED) is 0.633. The molecule has 0 aromatic rings. The van der Waals surface area contributed by atoms with E-state index >= 15 is 0 Å². The van der Waals surface area contributed by atoms with Crippen LogP contribution in [0.15, 0.2) is 0 Å². The summed E-state index contributed by atoms with van der Waals surface area (Å²) in [6.45, 7) is 4.60.